The van der Waals surface area contributed by atoms with Crippen LogP contribution in [0.1, 0.15) is 58.5 Å². The molecule has 0 radical (unpaired) electrons. The van der Waals surface area contributed by atoms with Crippen LogP contribution in [-0.4, -0.2) is 52.6 Å². The van der Waals surface area contributed by atoms with Crippen LogP contribution in [0.2, 0.25) is 10.0 Å². The Morgan fingerprint density at radius 2 is 1.44 bits per heavy atom. The molecule has 0 saturated heterocycles. The summed E-state index contributed by atoms with van der Waals surface area (Å²) in [6.45, 7) is 4.56. The lowest BCUT2D eigenvalue weighted by molar-refractivity contribution is -0.141. The summed E-state index contributed by atoms with van der Waals surface area (Å²) in [6, 6.07) is 20.4. The summed E-state index contributed by atoms with van der Waals surface area (Å²) in [4.78, 5) is 55.7. The lowest BCUT2D eigenvalue weighted by Gasteiger charge is -2.32. The van der Waals surface area contributed by atoms with Crippen LogP contribution in [0.25, 0.3) is 0 Å². The third-order valence-electron chi connectivity index (χ3n) is 7.00. The highest BCUT2D eigenvalue weighted by molar-refractivity contribution is 6.36. The summed E-state index contributed by atoms with van der Waals surface area (Å²) >= 11 is 13.0. The third-order valence-corrected chi connectivity index (χ3v) is 7.70. The molecule has 4 amide bonds. The monoisotopic (exact) mass is 593 g/mol. The van der Waals surface area contributed by atoms with Crippen molar-refractivity contribution in [1.29, 1.82) is 0 Å². The minimum absolute atomic E-state index is 0.0121. The van der Waals surface area contributed by atoms with Crippen LogP contribution in [0.15, 0.2) is 72.8 Å². The van der Waals surface area contributed by atoms with Gasteiger partial charge in [0.05, 0.1) is 11.1 Å². The van der Waals surface area contributed by atoms with Crippen LogP contribution in [0.4, 0.5) is 0 Å². The van der Waals surface area contributed by atoms with Gasteiger partial charge in [-0.05, 0) is 42.2 Å². The highest BCUT2D eigenvalue weighted by atomic mass is 35.5. The second-order valence-corrected chi connectivity index (χ2v) is 11.3. The first-order valence-corrected chi connectivity index (χ1v) is 14.4. The minimum atomic E-state index is -0.838. The van der Waals surface area contributed by atoms with E-state index in [1.54, 1.807) is 42.5 Å². The van der Waals surface area contributed by atoms with Gasteiger partial charge in [0, 0.05) is 48.1 Å². The molecule has 1 atom stereocenters. The maximum absolute atomic E-state index is 13.9. The van der Waals surface area contributed by atoms with Gasteiger partial charge in [-0.15, -0.1) is 0 Å². The Balaban J connectivity index is 1.58. The SMILES string of the molecule is CC(C)CNC(=O)[C@@H](Cc1ccccc1)N(Cc1c(Cl)cccc1Cl)C(=O)CCCN1C(=O)c2ccccc2C1=O. The predicted molar refractivity (Wildman–Crippen MR) is 160 cm³/mol. The zero-order valence-corrected chi connectivity index (χ0v) is 24.6. The van der Waals surface area contributed by atoms with Crippen LogP contribution < -0.4 is 5.32 Å². The minimum Gasteiger partial charge on any atom is -0.354 e. The number of carbonyl (C=O) groups is 4. The Morgan fingerprint density at radius 1 is 0.854 bits per heavy atom. The first kappa shape index (κ1) is 30.3. The van der Waals surface area contributed by atoms with Crippen molar-refractivity contribution in [3.05, 3.63) is 105 Å². The Kier molecular flexibility index (Phi) is 10.2. The normalized spacial score (nSPS) is 13.3. The molecule has 0 bridgehead atoms. The first-order valence-electron chi connectivity index (χ1n) is 13.7. The van der Waals surface area contributed by atoms with E-state index in [1.807, 2.05) is 44.2 Å². The van der Waals surface area contributed by atoms with E-state index in [2.05, 4.69) is 5.32 Å². The highest BCUT2D eigenvalue weighted by Crippen LogP contribution is 2.28. The standard InChI is InChI=1S/C32H33Cl2N3O4/c1-21(2)19-35-30(39)28(18-22-10-4-3-5-11-22)37(20-25-26(33)14-8-15-27(25)34)29(38)16-9-17-36-31(40)23-12-6-7-13-24(23)32(36)41/h3-8,10-15,21,28H,9,16-20H2,1-2H3,(H,35,39)/t28-/m1/s1. The van der Waals surface area contributed by atoms with Gasteiger partial charge >= 0.3 is 0 Å². The molecule has 0 aromatic heterocycles. The molecule has 1 aliphatic heterocycles. The van der Waals surface area contributed by atoms with Gasteiger partial charge in [0.1, 0.15) is 6.04 Å². The molecule has 0 fully saturated rings. The van der Waals surface area contributed by atoms with Gasteiger partial charge in [-0.3, -0.25) is 24.1 Å². The molecular weight excluding hydrogens is 561 g/mol. The Morgan fingerprint density at radius 3 is 2.02 bits per heavy atom. The maximum atomic E-state index is 13.9. The van der Waals surface area contributed by atoms with Crippen molar-refractivity contribution in [2.45, 2.75) is 45.7 Å². The van der Waals surface area contributed by atoms with E-state index in [0.29, 0.717) is 33.3 Å². The van der Waals surface area contributed by atoms with Crippen molar-refractivity contribution in [2.75, 3.05) is 13.1 Å². The number of hydrogen-bond donors (Lipinski definition) is 1. The second-order valence-electron chi connectivity index (χ2n) is 10.5. The van der Waals surface area contributed by atoms with E-state index in [-0.39, 0.29) is 61.9 Å². The number of hydrogen-bond acceptors (Lipinski definition) is 4. The smallest absolute Gasteiger partial charge is 0.261 e. The number of amides is 4. The largest absolute Gasteiger partial charge is 0.354 e. The summed E-state index contributed by atoms with van der Waals surface area (Å²) < 4.78 is 0. The summed E-state index contributed by atoms with van der Waals surface area (Å²) in [6.07, 6.45) is 0.540. The Hall–Kier alpha value is -3.68. The Bertz CT molecular complexity index is 1370. The summed E-state index contributed by atoms with van der Waals surface area (Å²) in [5.74, 6) is -1.10. The fraction of sp³-hybridized carbons (Fsp3) is 0.312. The average molecular weight is 595 g/mol. The quantitative estimate of drug-likeness (QED) is 0.270. The molecule has 9 heteroatoms. The average Bonchev–Trinajstić information content (AvgIpc) is 3.20. The molecule has 1 heterocycles. The molecule has 0 saturated carbocycles. The third kappa shape index (κ3) is 7.34. The number of benzene rings is 3. The van der Waals surface area contributed by atoms with Crippen LogP contribution in [0.3, 0.4) is 0 Å². The molecule has 3 aromatic carbocycles. The maximum Gasteiger partial charge on any atom is 0.261 e. The second kappa shape index (κ2) is 13.8. The summed E-state index contributed by atoms with van der Waals surface area (Å²) in [5.41, 5.74) is 2.16. The number of imide groups is 1. The van der Waals surface area contributed by atoms with Crippen LogP contribution >= 0.6 is 23.2 Å². The molecule has 7 nitrogen and oxygen atoms in total. The van der Waals surface area contributed by atoms with Crippen molar-refractivity contribution in [2.24, 2.45) is 5.92 Å². The van der Waals surface area contributed by atoms with Gasteiger partial charge in [0.2, 0.25) is 11.8 Å². The summed E-state index contributed by atoms with van der Waals surface area (Å²) in [5, 5.41) is 3.76. The molecule has 0 spiro atoms. The fourth-order valence-electron chi connectivity index (χ4n) is 4.80. The van der Waals surface area contributed by atoms with E-state index < -0.39 is 6.04 Å². The molecule has 3 aromatic rings. The van der Waals surface area contributed by atoms with E-state index in [4.69, 9.17) is 23.2 Å². The number of halogens is 2. The van der Waals surface area contributed by atoms with Crippen molar-refractivity contribution < 1.29 is 19.2 Å². The molecule has 1 aliphatic rings. The predicted octanol–water partition coefficient (Wildman–Crippen LogP) is 5.78. The lowest BCUT2D eigenvalue weighted by atomic mass is 10.0. The number of nitrogens with zero attached hydrogens (tertiary/aromatic N) is 2. The number of nitrogens with one attached hydrogen (secondary N) is 1. The fourth-order valence-corrected chi connectivity index (χ4v) is 5.32. The zero-order valence-electron chi connectivity index (χ0n) is 23.1. The van der Waals surface area contributed by atoms with Crippen molar-refractivity contribution in [3.8, 4) is 0 Å². The zero-order chi connectivity index (χ0) is 29.5. The lowest BCUT2D eigenvalue weighted by Crippen LogP contribution is -2.51. The van der Waals surface area contributed by atoms with E-state index >= 15 is 0 Å². The van der Waals surface area contributed by atoms with E-state index in [0.717, 1.165) is 5.56 Å². The van der Waals surface area contributed by atoms with E-state index in [1.165, 1.54) is 9.80 Å². The number of rotatable bonds is 12. The van der Waals surface area contributed by atoms with Crippen molar-refractivity contribution >= 4 is 46.8 Å². The van der Waals surface area contributed by atoms with Crippen molar-refractivity contribution in [3.63, 3.8) is 0 Å². The number of carbonyl (C=O) groups excluding carboxylic acids is 4. The summed E-state index contributed by atoms with van der Waals surface area (Å²) in [7, 11) is 0. The van der Waals surface area contributed by atoms with Gasteiger partial charge in [-0.25, -0.2) is 0 Å². The first-order chi connectivity index (χ1) is 19.7. The number of fused-ring (bicyclic) bond motifs is 1. The van der Waals surface area contributed by atoms with Crippen molar-refractivity contribution in [1.82, 2.24) is 15.1 Å². The molecule has 0 aliphatic carbocycles. The van der Waals surface area contributed by atoms with Gasteiger partial charge < -0.3 is 10.2 Å². The molecule has 1 N–H and O–H groups in total. The van der Waals surface area contributed by atoms with Gasteiger partial charge in [-0.1, -0.05) is 85.6 Å². The van der Waals surface area contributed by atoms with Crippen LogP contribution in [0, 0.1) is 5.92 Å². The molecule has 0 unspecified atom stereocenters. The molecule has 214 valence electrons. The van der Waals surface area contributed by atoms with Crippen LogP contribution in [0.5, 0.6) is 0 Å². The molecule has 41 heavy (non-hydrogen) atoms. The molecular formula is C32H33Cl2N3O4. The van der Waals surface area contributed by atoms with E-state index in [9.17, 15) is 19.2 Å². The van der Waals surface area contributed by atoms with Gasteiger partial charge in [0.15, 0.2) is 0 Å². The Labute approximate surface area is 250 Å². The topological polar surface area (TPSA) is 86.8 Å². The molecule has 4 rings (SSSR count). The highest BCUT2D eigenvalue weighted by Gasteiger charge is 2.35. The van der Waals surface area contributed by atoms with Crippen LogP contribution in [-0.2, 0) is 22.6 Å². The van der Waals surface area contributed by atoms with Gasteiger partial charge in [0.25, 0.3) is 11.8 Å². The van der Waals surface area contributed by atoms with Gasteiger partial charge in [-0.2, -0.15) is 0 Å².